The number of benzene rings is 1. The van der Waals surface area contributed by atoms with Gasteiger partial charge in [0.25, 0.3) is 17.7 Å². The highest BCUT2D eigenvalue weighted by Crippen LogP contribution is 2.26. The number of carbonyl (C=O) groups excluding carboxylic acids is 3. The monoisotopic (exact) mass is 455 g/mol. The third kappa shape index (κ3) is 4.13. The number of nitrogens with one attached hydrogen (secondary N) is 1. The largest absolute Gasteiger partial charge is 0.346 e. The van der Waals surface area contributed by atoms with Crippen LogP contribution in [0.5, 0.6) is 0 Å². The van der Waals surface area contributed by atoms with Crippen LogP contribution >= 0.6 is 11.3 Å². The Labute approximate surface area is 193 Å². The van der Waals surface area contributed by atoms with Crippen molar-refractivity contribution in [2.24, 2.45) is 0 Å². The quantitative estimate of drug-likeness (QED) is 0.447. The number of amides is 3. The molecule has 33 heavy (non-hydrogen) atoms. The second-order valence-electron chi connectivity index (χ2n) is 7.34. The zero-order valence-corrected chi connectivity index (χ0v) is 18.1. The van der Waals surface area contributed by atoms with E-state index < -0.39 is 11.8 Å². The maximum atomic E-state index is 12.8. The van der Waals surface area contributed by atoms with Crippen molar-refractivity contribution >= 4 is 29.1 Å². The van der Waals surface area contributed by atoms with Gasteiger partial charge in [-0.25, -0.2) is 4.98 Å². The number of fused-ring (bicyclic) bond motifs is 1. The summed E-state index contributed by atoms with van der Waals surface area (Å²) in [5.74, 6) is -1.17. The van der Waals surface area contributed by atoms with Gasteiger partial charge in [-0.15, -0.1) is 11.3 Å². The third-order valence-corrected chi connectivity index (χ3v) is 6.13. The van der Waals surface area contributed by atoms with Crippen molar-refractivity contribution in [1.29, 1.82) is 0 Å². The SMILES string of the molecule is O=C(NCc1csc(-c2ccncc2)n1)c1ccc2c(c1)C(=O)N(Cc1ccccn1)C2=O. The molecular weight excluding hydrogens is 438 g/mol. The normalized spacial score (nSPS) is 12.7. The fourth-order valence-electron chi connectivity index (χ4n) is 3.52. The molecule has 0 fully saturated rings. The number of aromatic nitrogens is 3. The fraction of sp³-hybridized carbons (Fsp3) is 0.0833. The molecular formula is C24H17N5O3S. The molecule has 0 unspecified atom stereocenters. The molecule has 1 aliphatic rings. The minimum Gasteiger partial charge on any atom is -0.346 e. The summed E-state index contributed by atoms with van der Waals surface area (Å²) in [5, 5.41) is 5.55. The Morgan fingerprint density at radius 1 is 0.939 bits per heavy atom. The predicted molar refractivity (Wildman–Crippen MR) is 121 cm³/mol. The average molecular weight is 455 g/mol. The van der Waals surface area contributed by atoms with Gasteiger partial charge in [0.15, 0.2) is 0 Å². The van der Waals surface area contributed by atoms with Crippen molar-refractivity contribution in [3.8, 4) is 10.6 Å². The molecule has 5 rings (SSSR count). The maximum absolute atomic E-state index is 12.8. The number of thiazole rings is 1. The highest BCUT2D eigenvalue weighted by molar-refractivity contribution is 7.13. The van der Waals surface area contributed by atoms with E-state index in [9.17, 15) is 14.4 Å². The summed E-state index contributed by atoms with van der Waals surface area (Å²) in [6.07, 6.45) is 5.02. The molecule has 0 aliphatic carbocycles. The Bertz CT molecular complexity index is 1360. The molecule has 0 saturated carbocycles. The minimum atomic E-state index is -0.434. The fourth-order valence-corrected chi connectivity index (χ4v) is 4.34. The van der Waals surface area contributed by atoms with Gasteiger partial charge in [0.1, 0.15) is 5.01 Å². The summed E-state index contributed by atoms with van der Waals surface area (Å²) in [4.78, 5) is 52.1. The Morgan fingerprint density at radius 2 is 1.76 bits per heavy atom. The van der Waals surface area contributed by atoms with E-state index in [0.29, 0.717) is 11.3 Å². The second kappa shape index (κ2) is 8.71. The molecule has 9 heteroatoms. The van der Waals surface area contributed by atoms with Crippen LogP contribution in [0.25, 0.3) is 10.6 Å². The van der Waals surface area contributed by atoms with Crippen molar-refractivity contribution in [1.82, 2.24) is 25.2 Å². The first-order valence-corrected chi connectivity index (χ1v) is 11.0. The van der Waals surface area contributed by atoms with Crippen molar-refractivity contribution in [2.45, 2.75) is 13.1 Å². The Hall–Kier alpha value is -4.24. The van der Waals surface area contributed by atoms with Gasteiger partial charge in [0.2, 0.25) is 0 Å². The topological polar surface area (TPSA) is 105 Å². The van der Waals surface area contributed by atoms with Gasteiger partial charge in [-0.1, -0.05) is 6.07 Å². The second-order valence-corrected chi connectivity index (χ2v) is 8.20. The first-order chi connectivity index (χ1) is 16.1. The van der Waals surface area contributed by atoms with E-state index >= 15 is 0 Å². The Kier molecular flexibility index (Phi) is 5.45. The van der Waals surface area contributed by atoms with Gasteiger partial charge in [-0.3, -0.25) is 29.3 Å². The molecule has 162 valence electrons. The lowest BCUT2D eigenvalue weighted by Crippen LogP contribution is -2.29. The molecule has 0 spiro atoms. The number of hydrogen-bond donors (Lipinski definition) is 1. The summed E-state index contributed by atoms with van der Waals surface area (Å²) >= 11 is 1.48. The van der Waals surface area contributed by atoms with Gasteiger partial charge in [0, 0.05) is 35.1 Å². The van der Waals surface area contributed by atoms with E-state index in [1.165, 1.54) is 23.5 Å². The van der Waals surface area contributed by atoms with Crippen molar-refractivity contribution in [3.63, 3.8) is 0 Å². The van der Waals surface area contributed by atoms with Gasteiger partial charge < -0.3 is 5.32 Å². The van der Waals surface area contributed by atoms with E-state index in [1.54, 1.807) is 42.9 Å². The average Bonchev–Trinajstić information content (AvgIpc) is 3.43. The summed E-state index contributed by atoms with van der Waals surface area (Å²) in [6.45, 7) is 0.328. The molecule has 1 N–H and O–H groups in total. The van der Waals surface area contributed by atoms with Crippen molar-refractivity contribution in [3.05, 3.63) is 101 Å². The number of rotatable bonds is 6. The molecule has 1 aromatic carbocycles. The van der Waals surface area contributed by atoms with Crippen LogP contribution in [0, 0.1) is 0 Å². The zero-order valence-electron chi connectivity index (χ0n) is 17.3. The standard InChI is InChI=1S/C24H17N5O3S/c30-21(27-12-18-14-33-22(28-18)15-6-9-25-10-7-15)16-4-5-19-20(11-16)24(32)29(23(19)31)13-17-3-1-2-8-26-17/h1-11,14H,12-13H2,(H,27,30). The molecule has 1 aliphatic heterocycles. The first kappa shape index (κ1) is 20.7. The number of hydrogen-bond acceptors (Lipinski definition) is 7. The first-order valence-electron chi connectivity index (χ1n) is 10.1. The van der Waals surface area contributed by atoms with Crippen LogP contribution in [0.3, 0.4) is 0 Å². The lowest BCUT2D eigenvalue weighted by Gasteiger charge is -2.12. The van der Waals surface area contributed by atoms with E-state index in [1.807, 2.05) is 17.5 Å². The lowest BCUT2D eigenvalue weighted by molar-refractivity contribution is 0.0640. The van der Waals surface area contributed by atoms with E-state index in [0.717, 1.165) is 21.2 Å². The molecule has 0 saturated heterocycles. The van der Waals surface area contributed by atoms with Crippen molar-refractivity contribution in [2.75, 3.05) is 0 Å². The van der Waals surface area contributed by atoms with Gasteiger partial charge in [-0.2, -0.15) is 0 Å². The predicted octanol–water partition coefficient (Wildman–Crippen LogP) is 3.33. The lowest BCUT2D eigenvalue weighted by atomic mass is 10.1. The smallest absolute Gasteiger partial charge is 0.261 e. The molecule has 4 aromatic rings. The van der Waals surface area contributed by atoms with Crippen LogP contribution in [-0.2, 0) is 13.1 Å². The third-order valence-electron chi connectivity index (χ3n) is 5.19. The van der Waals surface area contributed by atoms with Gasteiger partial charge in [-0.05, 0) is 42.5 Å². The van der Waals surface area contributed by atoms with Crippen LogP contribution in [0.1, 0.15) is 42.5 Å². The van der Waals surface area contributed by atoms with Crippen LogP contribution in [0.2, 0.25) is 0 Å². The van der Waals surface area contributed by atoms with Crippen molar-refractivity contribution < 1.29 is 14.4 Å². The summed E-state index contributed by atoms with van der Waals surface area (Å²) in [6, 6.07) is 13.6. The maximum Gasteiger partial charge on any atom is 0.261 e. The molecule has 3 amide bonds. The van der Waals surface area contributed by atoms with E-state index in [4.69, 9.17) is 0 Å². The van der Waals surface area contributed by atoms with E-state index in [2.05, 4.69) is 20.3 Å². The zero-order chi connectivity index (χ0) is 22.8. The molecule has 0 atom stereocenters. The number of carbonyl (C=O) groups is 3. The Morgan fingerprint density at radius 3 is 2.55 bits per heavy atom. The van der Waals surface area contributed by atoms with Gasteiger partial charge >= 0.3 is 0 Å². The summed E-state index contributed by atoms with van der Waals surface area (Å²) < 4.78 is 0. The summed E-state index contributed by atoms with van der Waals surface area (Å²) in [7, 11) is 0. The number of imide groups is 1. The molecule has 3 aromatic heterocycles. The van der Waals surface area contributed by atoms with Crippen LogP contribution in [0.4, 0.5) is 0 Å². The highest BCUT2D eigenvalue weighted by atomic mass is 32.1. The number of pyridine rings is 2. The molecule has 8 nitrogen and oxygen atoms in total. The van der Waals surface area contributed by atoms with E-state index in [-0.39, 0.29) is 30.1 Å². The minimum absolute atomic E-state index is 0.0817. The van der Waals surface area contributed by atoms with Crippen LogP contribution in [-0.4, -0.2) is 37.6 Å². The van der Waals surface area contributed by atoms with Crippen LogP contribution in [0.15, 0.2) is 72.5 Å². The molecule has 0 radical (unpaired) electrons. The highest BCUT2D eigenvalue weighted by Gasteiger charge is 2.36. The number of nitrogens with zero attached hydrogens (tertiary/aromatic N) is 4. The molecule has 4 heterocycles. The van der Waals surface area contributed by atoms with Gasteiger partial charge in [0.05, 0.1) is 35.6 Å². The Balaban J connectivity index is 1.27. The molecule has 0 bridgehead atoms. The summed E-state index contributed by atoms with van der Waals surface area (Å²) in [5.41, 5.74) is 3.11. The van der Waals surface area contributed by atoms with Crippen LogP contribution < -0.4 is 5.32 Å².